The van der Waals surface area contributed by atoms with Crippen molar-refractivity contribution in [1.82, 2.24) is 0 Å². The number of aromatic carboxylic acids is 1. The van der Waals surface area contributed by atoms with E-state index in [1.165, 1.54) is 12.1 Å². The van der Waals surface area contributed by atoms with E-state index >= 15 is 0 Å². The van der Waals surface area contributed by atoms with Crippen molar-refractivity contribution in [3.63, 3.8) is 0 Å². The van der Waals surface area contributed by atoms with Gasteiger partial charge in [0.25, 0.3) is 0 Å². The molecule has 0 amide bonds. The van der Waals surface area contributed by atoms with Crippen molar-refractivity contribution < 1.29 is 19.4 Å². The first kappa shape index (κ1) is 14.9. The molecule has 0 aliphatic carbocycles. The van der Waals surface area contributed by atoms with Crippen LogP contribution in [0.2, 0.25) is 0 Å². The molecule has 2 aromatic carbocycles. The van der Waals surface area contributed by atoms with E-state index < -0.39 is 5.97 Å². The number of aryl methyl sites for hydroxylation is 2. The zero-order chi connectivity index (χ0) is 15.2. The highest BCUT2D eigenvalue weighted by Gasteiger charge is 2.04. The van der Waals surface area contributed by atoms with E-state index in [0.29, 0.717) is 19.0 Å². The number of hydrogen-bond donors (Lipinski definition) is 1. The Labute approximate surface area is 123 Å². The molecule has 1 N–H and O–H groups in total. The van der Waals surface area contributed by atoms with Crippen molar-refractivity contribution >= 4 is 5.97 Å². The van der Waals surface area contributed by atoms with Gasteiger partial charge in [0.15, 0.2) is 0 Å². The molecular weight excluding hydrogens is 268 g/mol. The third-order valence-electron chi connectivity index (χ3n) is 3.11. The minimum atomic E-state index is -0.945. The van der Waals surface area contributed by atoms with Gasteiger partial charge in [0.2, 0.25) is 0 Å². The van der Waals surface area contributed by atoms with E-state index in [1.807, 2.05) is 32.0 Å². The molecule has 0 heterocycles. The first-order valence-electron chi connectivity index (χ1n) is 6.73. The number of carboxylic acid groups (broad SMARTS) is 1. The van der Waals surface area contributed by atoms with Crippen LogP contribution in [0.3, 0.4) is 0 Å². The minimum absolute atomic E-state index is 0.245. The summed E-state index contributed by atoms with van der Waals surface area (Å²) < 4.78 is 11.3. The molecule has 0 fully saturated rings. The Hall–Kier alpha value is -2.49. The smallest absolute Gasteiger partial charge is 0.335 e. The third kappa shape index (κ3) is 3.99. The fraction of sp³-hybridized carbons (Fsp3) is 0.235. The average Bonchev–Trinajstić information content (AvgIpc) is 2.46. The molecule has 0 atom stereocenters. The molecule has 0 aliphatic heterocycles. The van der Waals surface area contributed by atoms with E-state index in [2.05, 4.69) is 0 Å². The van der Waals surface area contributed by atoms with Gasteiger partial charge in [-0.3, -0.25) is 0 Å². The van der Waals surface area contributed by atoms with Gasteiger partial charge < -0.3 is 14.6 Å². The first-order valence-corrected chi connectivity index (χ1v) is 6.73. The Morgan fingerprint density at radius 3 is 2.10 bits per heavy atom. The van der Waals surface area contributed by atoms with Crippen LogP contribution in [0.4, 0.5) is 0 Å². The van der Waals surface area contributed by atoms with Crippen LogP contribution in [-0.4, -0.2) is 24.3 Å². The molecule has 0 spiro atoms. The number of rotatable bonds is 6. The minimum Gasteiger partial charge on any atom is -0.490 e. The lowest BCUT2D eigenvalue weighted by molar-refractivity contribution is 0.0697. The van der Waals surface area contributed by atoms with E-state index in [1.54, 1.807) is 12.1 Å². The lowest BCUT2D eigenvalue weighted by Gasteiger charge is -2.12. The molecule has 0 bridgehead atoms. The van der Waals surface area contributed by atoms with Crippen LogP contribution in [0.15, 0.2) is 42.5 Å². The fourth-order valence-corrected chi connectivity index (χ4v) is 2.02. The van der Waals surface area contributed by atoms with Crippen molar-refractivity contribution in [2.75, 3.05) is 13.2 Å². The van der Waals surface area contributed by atoms with Gasteiger partial charge in [0, 0.05) is 0 Å². The lowest BCUT2D eigenvalue weighted by Crippen LogP contribution is -2.10. The van der Waals surface area contributed by atoms with Gasteiger partial charge in [-0.2, -0.15) is 0 Å². The highest BCUT2D eigenvalue weighted by atomic mass is 16.5. The van der Waals surface area contributed by atoms with Crippen molar-refractivity contribution in [1.29, 1.82) is 0 Å². The maximum absolute atomic E-state index is 10.7. The summed E-state index contributed by atoms with van der Waals surface area (Å²) in [4.78, 5) is 10.7. The van der Waals surface area contributed by atoms with Gasteiger partial charge in [-0.05, 0) is 49.2 Å². The summed E-state index contributed by atoms with van der Waals surface area (Å²) >= 11 is 0. The predicted molar refractivity (Wildman–Crippen MR) is 80.3 cm³/mol. The molecule has 2 aromatic rings. The van der Waals surface area contributed by atoms with Crippen LogP contribution in [0, 0.1) is 13.8 Å². The molecule has 0 unspecified atom stereocenters. The molecule has 4 nitrogen and oxygen atoms in total. The van der Waals surface area contributed by atoms with E-state index in [0.717, 1.165) is 16.9 Å². The van der Waals surface area contributed by atoms with Crippen LogP contribution < -0.4 is 9.47 Å². The van der Waals surface area contributed by atoms with Crippen LogP contribution in [0.1, 0.15) is 21.5 Å². The van der Waals surface area contributed by atoms with Crippen molar-refractivity contribution in [2.45, 2.75) is 13.8 Å². The number of carbonyl (C=O) groups is 1. The SMILES string of the molecule is Cc1cccc(C)c1OCCOc1ccc(C(=O)O)cc1. The second-order valence-corrected chi connectivity index (χ2v) is 4.75. The summed E-state index contributed by atoms with van der Waals surface area (Å²) in [5.74, 6) is 0.576. The molecule has 0 radical (unpaired) electrons. The Kier molecular flexibility index (Phi) is 4.82. The van der Waals surface area contributed by atoms with Crippen molar-refractivity contribution in [2.24, 2.45) is 0 Å². The number of carboxylic acids is 1. The summed E-state index contributed by atoms with van der Waals surface area (Å²) in [6, 6.07) is 12.3. The summed E-state index contributed by atoms with van der Waals surface area (Å²) in [7, 11) is 0. The maximum Gasteiger partial charge on any atom is 0.335 e. The standard InChI is InChI=1S/C17H18O4/c1-12-4-3-5-13(2)16(12)21-11-10-20-15-8-6-14(7-9-15)17(18)19/h3-9H,10-11H2,1-2H3,(H,18,19). The molecule has 4 heteroatoms. The molecule has 21 heavy (non-hydrogen) atoms. The highest BCUT2D eigenvalue weighted by Crippen LogP contribution is 2.22. The van der Waals surface area contributed by atoms with Gasteiger partial charge in [0.05, 0.1) is 5.56 Å². The van der Waals surface area contributed by atoms with Crippen molar-refractivity contribution in [3.05, 3.63) is 59.2 Å². The monoisotopic (exact) mass is 286 g/mol. The van der Waals surface area contributed by atoms with Gasteiger partial charge in [-0.25, -0.2) is 4.79 Å². The van der Waals surface area contributed by atoms with E-state index in [9.17, 15) is 4.79 Å². The number of ether oxygens (including phenoxy) is 2. The maximum atomic E-state index is 10.7. The Morgan fingerprint density at radius 1 is 0.952 bits per heavy atom. The second kappa shape index (κ2) is 6.79. The van der Waals surface area contributed by atoms with Gasteiger partial charge in [-0.1, -0.05) is 18.2 Å². The highest BCUT2D eigenvalue weighted by molar-refractivity contribution is 5.87. The quantitative estimate of drug-likeness (QED) is 0.826. The summed E-state index contributed by atoms with van der Waals surface area (Å²) in [6.07, 6.45) is 0. The Bertz CT molecular complexity index is 597. The van der Waals surface area contributed by atoms with Crippen LogP contribution in [0.25, 0.3) is 0 Å². The predicted octanol–water partition coefficient (Wildman–Crippen LogP) is 3.46. The summed E-state index contributed by atoms with van der Waals surface area (Å²) in [5, 5.41) is 8.81. The number of benzene rings is 2. The average molecular weight is 286 g/mol. The first-order chi connectivity index (χ1) is 10.1. The lowest BCUT2D eigenvalue weighted by atomic mass is 10.1. The molecule has 110 valence electrons. The Morgan fingerprint density at radius 2 is 1.52 bits per heavy atom. The number of hydrogen-bond acceptors (Lipinski definition) is 3. The molecule has 0 aliphatic rings. The molecular formula is C17H18O4. The summed E-state index contributed by atoms with van der Waals surface area (Å²) in [5.41, 5.74) is 2.44. The molecule has 0 saturated heterocycles. The van der Waals surface area contributed by atoms with E-state index in [-0.39, 0.29) is 5.56 Å². The van der Waals surface area contributed by atoms with Gasteiger partial charge >= 0.3 is 5.97 Å². The third-order valence-corrected chi connectivity index (χ3v) is 3.11. The van der Waals surface area contributed by atoms with Crippen LogP contribution in [-0.2, 0) is 0 Å². The van der Waals surface area contributed by atoms with Crippen LogP contribution >= 0.6 is 0 Å². The second-order valence-electron chi connectivity index (χ2n) is 4.75. The molecule has 0 saturated carbocycles. The molecule has 2 rings (SSSR count). The Balaban J connectivity index is 1.83. The topological polar surface area (TPSA) is 55.8 Å². The zero-order valence-electron chi connectivity index (χ0n) is 12.1. The molecule has 0 aromatic heterocycles. The normalized spacial score (nSPS) is 10.2. The van der Waals surface area contributed by atoms with Crippen LogP contribution in [0.5, 0.6) is 11.5 Å². The zero-order valence-corrected chi connectivity index (χ0v) is 12.1. The number of para-hydroxylation sites is 1. The largest absolute Gasteiger partial charge is 0.490 e. The van der Waals surface area contributed by atoms with Crippen molar-refractivity contribution in [3.8, 4) is 11.5 Å². The van der Waals surface area contributed by atoms with Gasteiger partial charge in [0.1, 0.15) is 24.7 Å². The summed E-state index contributed by atoms with van der Waals surface area (Å²) in [6.45, 7) is 4.86. The van der Waals surface area contributed by atoms with Gasteiger partial charge in [-0.15, -0.1) is 0 Å². The van der Waals surface area contributed by atoms with E-state index in [4.69, 9.17) is 14.6 Å². The fourth-order valence-electron chi connectivity index (χ4n) is 2.02.